The minimum Gasteiger partial charge on any atom is -0.469 e. The number of unbranched alkanes of at least 4 members (excludes halogenated alkanes) is 1. The third-order valence-corrected chi connectivity index (χ3v) is 4.68. The van der Waals surface area contributed by atoms with Gasteiger partial charge in [-0.2, -0.15) is 0 Å². The molecule has 0 radical (unpaired) electrons. The minimum atomic E-state index is -0.920. The number of rotatable bonds is 12. The fourth-order valence-electron chi connectivity index (χ4n) is 2.90. The minimum absolute atomic E-state index is 0.0665. The Morgan fingerprint density at radius 3 is 2.35 bits per heavy atom. The van der Waals surface area contributed by atoms with Gasteiger partial charge in [0.05, 0.1) is 25.2 Å². The molecule has 0 unspecified atom stereocenters. The van der Waals surface area contributed by atoms with Gasteiger partial charge in [-0.15, -0.1) is 0 Å². The highest BCUT2D eigenvalue weighted by Crippen LogP contribution is 2.30. The van der Waals surface area contributed by atoms with E-state index in [2.05, 4.69) is 18.6 Å². The van der Waals surface area contributed by atoms with Gasteiger partial charge in [-0.25, -0.2) is 0 Å². The van der Waals surface area contributed by atoms with Gasteiger partial charge in [0, 0.05) is 0 Å². The van der Waals surface area contributed by atoms with Crippen molar-refractivity contribution in [2.45, 2.75) is 90.8 Å². The van der Waals surface area contributed by atoms with Crippen LogP contribution in [0.3, 0.4) is 0 Å². The average Bonchev–Trinajstić information content (AvgIpc) is 2.56. The molecule has 136 valence electrons. The number of hydrogen-bond acceptors (Lipinski definition) is 4. The zero-order valence-corrected chi connectivity index (χ0v) is 15.6. The lowest BCUT2D eigenvalue weighted by Crippen LogP contribution is -2.30. The summed E-state index contributed by atoms with van der Waals surface area (Å²) in [4.78, 5) is 11.3. The second-order valence-electron chi connectivity index (χ2n) is 6.45. The maximum absolute atomic E-state index is 11.3. The van der Waals surface area contributed by atoms with E-state index in [1.54, 1.807) is 6.08 Å². The van der Waals surface area contributed by atoms with Crippen LogP contribution in [0.2, 0.25) is 0 Å². The molecule has 0 aliphatic heterocycles. The molecule has 0 saturated carbocycles. The number of hydrogen-bond donors (Lipinski definition) is 2. The van der Waals surface area contributed by atoms with E-state index in [1.165, 1.54) is 13.5 Å². The van der Waals surface area contributed by atoms with Crippen LogP contribution in [-0.2, 0) is 9.53 Å². The van der Waals surface area contributed by atoms with Crippen LogP contribution < -0.4 is 0 Å². The van der Waals surface area contributed by atoms with Crippen molar-refractivity contribution in [2.24, 2.45) is 5.92 Å². The van der Waals surface area contributed by atoms with Crippen molar-refractivity contribution in [3.63, 3.8) is 0 Å². The smallest absolute Gasteiger partial charge is 0.308 e. The van der Waals surface area contributed by atoms with E-state index in [1.807, 2.05) is 13.8 Å². The molecule has 0 rings (SSSR count). The molecule has 0 heterocycles. The molecule has 0 saturated heterocycles. The van der Waals surface area contributed by atoms with E-state index < -0.39 is 17.7 Å². The molecule has 0 bridgehead atoms. The molecule has 4 nitrogen and oxygen atoms in total. The average molecular weight is 328 g/mol. The Morgan fingerprint density at radius 1 is 1.26 bits per heavy atom. The summed E-state index contributed by atoms with van der Waals surface area (Å²) in [7, 11) is 1.31. The highest BCUT2D eigenvalue weighted by Gasteiger charge is 2.28. The maximum atomic E-state index is 11.3. The number of aliphatic hydroxyl groups is 2. The Balaban J connectivity index is 5.08. The summed E-state index contributed by atoms with van der Waals surface area (Å²) in [6, 6.07) is 0. The molecule has 0 amide bonds. The van der Waals surface area contributed by atoms with Gasteiger partial charge in [-0.1, -0.05) is 59.5 Å². The SMILES string of the molecule is CCCC[C@H](CC)C[C@@](O)(C=C(CC)[C@@H](O)CC(=O)OC)CC. The first kappa shape index (κ1) is 22.1. The van der Waals surface area contributed by atoms with E-state index in [0.29, 0.717) is 30.8 Å². The van der Waals surface area contributed by atoms with Crippen molar-refractivity contribution < 1.29 is 19.7 Å². The number of ether oxygens (including phenoxy) is 1. The van der Waals surface area contributed by atoms with E-state index >= 15 is 0 Å². The lowest BCUT2D eigenvalue weighted by atomic mass is 9.82. The van der Waals surface area contributed by atoms with Crippen LogP contribution in [0.15, 0.2) is 11.6 Å². The summed E-state index contributed by atoms with van der Waals surface area (Å²) in [6.45, 7) is 8.23. The summed E-state index contributed by atoms with van der Waals surface area (Å²) in [5.74, 6) is 0.0401. The Hall–Kier alpha value is -0.870. The fourth-order valence-corrected chi connectivity index (χ4v) is 2.90. The monoisotopic (exact) mass is 328 g/mol. The zero-order chi connectivity index (χ0) is 17.9. The lowest BCUT2D eigenvalue weighted by Gasteiger charge is -2.30. The molecule has 0 aromatic carbocycles. The molecule has 2 N–H and O–H groups in total. The van der Waals surface area contributed by atoms with Gasteiger partial charge in [0.1, 0.15) is 0 Å². The van der Waals surface area contributed by atoms with Gasteiger partial charge in [0.25, 0.3) is 0 Å². The van der Waals surface area contributed by atoms with Crippen LogP contribution in [0.5, 0.6) is 0 Å². The molecule has 0 fully saturated rings. The molecule has 23 heavy (non-hydrogen) atoms. The van der Waals surface area contributed by atoms with E-state index in [9.17, 15) is 15.0 Å². The van der Waals surface area contributed by atoms with Crippen molar-refractivity contribution in [1.82, 2.24) is 0 Å². The summed E-state index contributed by atoms with van der Waals surface area (Å²) >= 11 is 0. The second-order valence-corrected chi connectivity index (χ2v) is 6.45. The highest BCUT2D eigenvalue weighted by molar-refractivity contribution is 5.70. The van der Waals surface area contributed by atoms with Crippen molar-refractivity contribution in [2.75, 3.05) is 7.11 Å². The van der Waals surface area contributed by atoms with Crippen molar-refractivity contribution >= 4 is 5.97 Å². The summed E-state index contributed by atoms with van der Waals surface area (Å²) < 4.78 is 4.61. The third-order valence-electron chi connectivity index (χ3n) is 4.68. The predicted molar refractivity (Wildman–Crippen MR) is 94.2 cm³/mol. The summed E-state index contributed by atoms with van der Waals surface area (Å²) in [5.41, 5.74) is -0.207. The van der Waals surface area contributed by atoms with E-state index in [0.717, 1.165) is 19.3 Å². The van der Waals surface area contributed by atoms with Crippen LogP contribution in [-0.4, -0.2) is 35.0 Å². The first-order chi connectivity index (χ1) is 10.9. The predicted octanol–water partition coefficient (Wildman–Crippen LogP) is 3.99. The van der Waals surface area contributed by atoms with E-state index in [4.69, 9.17) is 0 Å². The maximum Gasteiger partial charge on any atom is 0.308 e. The molecule has 0 aromatic rings. The van der Waals surface area contributed by atoms with Gasteiger partial charge < -0.3 is 14.9 Å². The van der Waals surface area contributed by atoms with Crippen LogP contribution >= 0.6 is 0 Å². The molecule has 3 atom stereocenters. The summed E-state index contributed by atoms with van der Waals surface area (Å²) in [6.07, 6.45) is 7.24. The number of esters is 1. The fraction of sp³-hybridized carbons (Fsp3) is 0.842. The molecule has 0 aliphatic carbocycles. The Bertz CT molecular complexity index is 364. The second kappa shape index (κ2) is 11.6. The molecule has 0 aliphatic rings. The Kier molecular flexibility index (Phi) is 11.2. The molecular weight excluding hydrogens is 292 g/mol. The largest absolute Gasteiger partial charge is 0.469 e. The van der Waals surface area contributed by atoms with Gasteiger partial charge in [-0.05, 0) is 30.8 Å². The lowest BCUT2D eigenvalue weighted by molar-refractivity contribution is -0.142. The zero-order valence-electron chi connectivity index (χ0n) is 15.6. The van der Waals surface area contributed by atoms with Crippen molar-refractivity contribution in [3.8, 4) is 0 Å². The topological polar surface area (TPSA) is 66.8 Å². The highest BCUT2D eigenvalue weighted by atomic mass is 16.5. The van der Waals surface area contributed by atoms with Crippen LogP contribution in [0.4, 0.5) is 0 Å². The van der Waals surface area contributed by atoms with Crippen molar-refractivity contribution in [3.05, 3.63) is 11.6 Å². The van der Waals surface area contributed by atoms with E-state index in [-0.39, 0.29) is 6.42 Å². The molecular formula is C19H36O4. The number of methoxy groups -OCH3 is 1. The first-order valence-corrected chi connectivity index (χ1v) is 9.04. The van der Waals surface area contributed by atoms with Gasteiger partial charge in [0.15, 0.2) is 0 Å². The number of carbonyl (C=O) groups excluding carboxylic acids is 1. The van der Waals surface area contributed by atoms with Gasteiger partial charge in [-0.3, -0.25) is 4.79 Å². The number of aliphatic hydroxyl groups excluding tert-OH is 1. The molecule has 0 aromatic heterocycles. The van der Waals surface area contributed by atoms with Crippen LogP contribution in [0, 0.1) is 5.92 Å². The van der Waals surface area contributed by atoms with Crippen LogP contribution in [0.25, 0.3) is 0 Å². The van der Waals surface area contributed by atoms with Crippen molar-refractivity contribution in [1.29, 1.82) is 0 Å². The molecule has 0 spiro atoms. The standard InChI is InChI=1S/C19H36O4/c1-6-10-11-15(7-2)13-19(22,9-4)14-16(8-3)17(20)12-18(21)23-5/h14-15,17,20,22H,6-13H2,1-5H3/t15-,17-,19+/m0/s1. The van der Waals surface area contributed by atoms with Gasteiger partial charge >= 0.3 is 5.97 Å². The number of carbonyl (C=O) groups is 1. The Labute approximate surface area is 141 Å². The quantitative estimate of drug-likeness (QED) is 0.420. The summed E-state index contributed by atoms with van der Waals surface area (Å²) in [5, 5.41) is 21.2. The first-order valence-electron chi connectivity index (χ1n) is 9.04. The molecule has 4 heteroatoms. The Morgan fingerprint density at radius 2 is 1.91 bits per heavy atom. The normalized spacial score (nSPS) is 17.4. The van der Waals surface area contributed by atoms with Gasteiger partial charge in [0.2, 0.25) is 0 Å². The third kappa shape index (κ3) is 8.52. The van der Waals surface area contributed by atoms with Crippen LogP contribution in [0.1, 0.15) is 79.1 Å².